The highest BCUT2D eigenvalue weighted by atomic mass is 35.5. The van der Waals surface area contributed by atoms with Crippen molar-refractivity contribution in [3.8, 4) is 0 Å². The van der Waals surface area contributed by atoms with Crippen LogP contribution in [0.4, 0.5) is 11.8 Å². The van der Waals surface area contributed by atoms with Gasteiger partial charge in [0.05, 0.1) is 0 Å². The molecule has 2 aromatic heterocycles. The lowest BCUT2D eigenvalue weighted by Gasteiger charge is -2.00. The van der Waals surface area contributed by atoms with Crippen molar-refractivity contribution < 1.29 is 43.2 Å². The highest BCUT2D eigenvalue weighted by molar-refractivity contribution is 5.27. The standard InChI is InChI=1S/C27H36N6O2.2ClH/c28-26-24(32(30-34-26)20-9-7-16-22-12-3-1-4-13-22)18-11-19-25-27(29)35-31-33(25)21-10-8-17-23-14-5-2-6-15-23;;/h1-6,12-15H,7-11,16-21,28-29H2;2*1H/q+2;;/p-2. The Labute approximate surface area is 230 Å². The van der Waals surface area contributed by atoms with E-state index in [2.05, 4.69) is 59.1 Å². The first-order chi connectivity index (χ1) is 17.2. The van der Waals surface area contributed by atoms with Crippen molar-refractivity contribution in [2.75, 3.05) is 11.5 Å². The van der Waals surface area contributed by atoms with Crippen LogP contribution in [0.1, 0.15) is 54.6 Å². The van der Waals surface area contributed by atoms with E-state index < -0.39 is 0 Å². The van der Waals surface area contributed by atoms with Gasteiger partial charge >= 0.3 is 0 Å². The van der Waals surface area contributed by atoms with Crippen molar-refractivity contribution in [3.05, 3.63) is 83.2 Å². The van der Waals surface area contributed by atoms with Gasteiger partial charge in [-0.25, -0.2) is 0 Å². The van der Waals surface area contributed by atoms with Crippen molar-refractivity contribution >= 4 is 11.8 Å². The summed E-state index contributed by atoms with van der Waals surface area (Å²) in [5.41, 5.74) is 16.7. The smallest absolute Gasteiger partial charge is 0.296 e. The van der Waals surface area contributed by atoms with Crippen molar-refractivity contribution in [1.82, 2.24) is 10.5 Å². The zero-order valence-electron chi connectivity index (χ0n) is 21.1. The minimum atomic E-state index is 0. The number of hydrogen-bond acceptors (Lipinski definition) is 6. The summed E-state index contributed by atoms with van der Waals surface area (Å²) in [6, 6.07) is 21.1. The van der Waals surface area contributed by atoms with Crippen molar-refractivity contribution in [3.63, 3.8) is 0 Å². The van der Waals surface area contributed by atoms with Gasteiger partial charge in [-0.3, -0.25) is 9.05 Å². The molecule has 2 aromatic carbocycles. The number of benzene rings is 2. The van der Waals surface area contributed by atoms with Crippen LogP contribution in [0.25, 0.3) is 0 Å². The van der Waals surface area contributed by atoms with Gasteiger partial charge in [-0.1, -0.05) is 60.7 Å². The minimum Gasteiger partial charge on any atom is -1.00 e. The summed E-state index contributed by atoms with van der Waals surface area (Å²) in [6.45, 7) is 1.58. The summed E-state index contributed by atoms with van der Waals surface area (Å²) in [5, 5.41) is 8.28. The van der Waals surface area contributed by atoms with E-state index in [0.717, 1.165) is 82.3 Å². The number of nitrogen functional groups attached to an aromatic ring is 2. The molecule has 200 valence electrons. The van der Waals surface area contributed by atoms with E-state index in [1.807, 2.05) is 21.5 Å². The summed E-state index contributed by atoms with van der Waals surface area (Å²) >= 11 is 0. The molecule has 4 N–H and O–H groups in total. The lowest BCUT2D eigenvalue weighted by molar-refractivity contribution is -0.769. The summed E-state index contributed by atoms with van der Waals surface area (Å²) < 4.78 is 14.4. The zero-order valence-corrected chi connectivity index (χ0v) is 22.6. The molecule has 37 heavy (non-hydrogen) atoms. The van der Waals surface area contributed by atoms with Gasteiger partial charge in [0.1, 0.15) is 0 Å². The Balaban J connectivity index is 0.00000241. The van der Waals surface area contributed by atoms with E-state index >= 15 is 0 Å². The fourth-order valence-electron chi connectivity index (χ4n) is 4.39. The first kappa shape index (κ1) is 30.1. The number of aromatic nitrogens is 4. The first-order valence-electron chi connectivity index (χ1n) is 12.6. The number of rotatable bonds is 14. The van der Waals surface area contributed by atoms with Crippen molar-refractivity contribution in [2.45, 2.75) is 70.9 Å². The molecule has 0 bridgehead atoms. The molecule has 0 fully saturated rings. The van der Waals surface area contributed by atoms with Crippen LogP contribution in [-0.4, -0.2) is 10.5 Å². The maximum atomic E-state index is 6.07. The predicted octanol–water partition coefficient (Wildman–Crippen LogP) is -2.37. The van der Waals surface area contributed by atoms with E-state index in [1.54, 1.807) is 0 Å². The fraction of sp³-hybridized carbons (Fsp3) is 0.407. The SMILES string of the molecule is Nc1on[n+](CCCCc2ccccc2)c1CCCc1c(N)on[n+]1CCCCc1ccccc1.[Cl-].[Cl-]. The van der Waals surface area contributed by atoms with E-state index in [0.29, 0.717) is 11.8 Å². The Kier molecular flexibility index (Phi) is 12.9. The summed E-state index contributed by atoms with van der Waals surface area (Å²) in [4.78, 5) is 0. The van der Waals surface area contributed by atoms with Crippen LogP contribution in [0, 0.1) is 0 Å². The van der Waals surface area contributed by atoms with Crippen LogP contribution >= 0.6 is 0 Å². The van der Waals surface area contributed by atoms with Gasteiger partial charge in [-0.05, 0) is 52.6 Å². The van der Waals surface area contributed by atoms with Gasteiger partial charge in [0.25, 0.3) is 23.2 Å². The summed E-state index contributed by atoms with van der Waals surface area (Å²) in [7, 11) is 0. The second-order valence-electron chi connectivity index (χ2n) is 8.95. The molecular weight excluding hydrogens is 511 g/mol. The van der Waals surface area contributed by atoms with Crippen LogP contribution in [0.5, 0.6) is 0 Å². The average molecular weight is 548 g/mol. The first-order valence-corrected chi connectivity index (χ1v) is 12.6. The minimum absolute atomic E-state index is 0. The molecule has 0 aliphatic carbocycles. The number of nitrogens with zero attached hydrogens (tertiary/aromatic N) is 4. The maximum Gasteiger partial charge on any atom is 0.296 e. The van der Waals surface area contributed by atoms with Gasteiger partial charge in [-0.2, -0.15) is 0 Å². The molecule has 0 aliphatic heterocycles. The molecule has 0 saturated carbocycles. The normalized spacial score (nSPS) is 10.6. The van der Waals surface area contributed by atoms with Gasteiger partial charge in [0.15, 0.2) is 13.1 Å². The van der Waals surface area contributed by atoms with E-state index in [9.17, 15) is 0 Å². The molecule has 0 spiro atoms. The van der Waals surface area contributed by atoms with Gasteiger partial charge in [-0.15, -0.1) is 0 Å². The lowest BCUT2D eigenvalue weighted by Crippen LogP contribution is -3.00. The second kappa shape index (κ2) is 15.9. The number of halogens is 2. The van der Waals surface area contributed by atoms with Crippen LogP contribution < -0.4 is 45.6 Å². The number of hydrogen-bond donors (Lipinski definition) is 2. The van der Waals surface area contributed by atoms with Gasteiger partial charge in [0.2, 0.25) is 10.5 Å². The lowest BCUT2D eigenvalue weighted by atomic mass is 10.1. The number of anilines is 2. The predicted molar refractivity (Wildman–Crippen MR) is 133 cm³/mol. The highest BCUT2D eigenvalue weighted by Crippen LogP contribution is 2.14. The topological polar surface area (TPSA) is 112 Å². The molecule has 4 rings (SSSR count). The monoisotopic (exact) mass is 546 g/mol. The Morgan fingerprint density at radius 3 is 1.35 bits per heavy atom. The Morgan fingerprint density at radius 2 is 0.946 bits per heavy atom. The van der Waals surface area contributed by atoms with Crippen LogP contribution in [-0.2, 0) is 38.8 Å². The highest BCUT2D eigenvalue weighted by Gasteiger charge is 2.25. The Bertz CT molecular complexity index is 1080. The van der Waals surface area contributed by atoms with Gasteiger partial charge < -0.3 is 36.3 Å². The third-order valence-electron chi connectivity index (χ3n) is 6.35. The van der Waals surface area contributed by atoms with E-state index in [1.165, 1.54) is 11.1 Å². The molecule has 0 amide bonds. The molecule has 0 atom stereocenters. The third-order valence-corrected chi connectivity index (χ3v) is 6.35. The van der Waals surface area contributed by atoms with Crippen molar-refractivity contribution in [1.29, 1.82) is 0 Å². The maximum absolute atomic E-state index is 6.07. The molecule has 0 unspecified atom stereocenters. The van der Waals surface area contributed by atoms with E-state index in [4.69, 9.17) is 20.5 Å². The van der Waals surface area contributed by atoms with Crippen LogP contribution in [0.3, 0.4) is 0 Å². The quantitative estimate of drug-likeness (QED) is 0.135. The molecule has 8 nitrogen and oxygen atoms in total. The van der Waals surface area contributed by atoms with E-state index in [-0.39, 0.29) is 24.8 Å². The number of aryl methyl sites for hydroxylation is 4. The van der Waals surface area contributed by atoms with Crippen molar-refractivity contribution in [2.24, 2.45) is 0 Å². The largest absolute Gasteiger partial charge is 1.00 e. The zero-order chi connectivity index (χ0) is 24.3. The molecule has 10 heteroatoms. The third kappa shape index (κ3) is 9.05. The molecule has 4 aromatic rings. The fourth-order valence-corrected chi connectivity index (χ4v) is 4.39. The molecule has 0 aliphatic rings. The van der Waals surface area contributed by atoms with Crippen LogP contribution in [0.2, 0.25) is 0 Å². The van der Waals surface area contributed by atoms with Crippen LogP contribution in [0.15, 0.2) is 69.7 Å². The number of unbranched alkanes of at least 4 members (excludes halogenated alkanes) is 2. The molecular formula is C27H36Cl2N6O2. The second-order valence-corrected chi connectivity index (χ2v) is 8.95. The Morgan fingerprint density at radius 1 is 0.541 bits per heavy atom. The molecule has 2 heterocycles. The van der Waals surface area contributed by atoms with Gasteiger partial charge in [0, 0.05) is 25.7 Å². The average Bonchev–Trinajstić information content (AvgIpc) is 3.42. The summed E-state index contributed by atoms with van der Waals surface area (Å²) in [5.74, 6) is 0.778. The molecule has 0 radical (unpaired) electrons. The number of nitrogens with two attached hydrogens (primary N) is 2. The Hall–Kier alpha value is -3.10. The summed E-state index contributed by atoms with van der Waals surface area (Å²) in [6.07, 6.45) is 8.68. The molecule has 0 saturated heterocycles.